The van der Waals surface area contributed by atoms with E-state index in [0.29, 0.717) is 17.0 Å². The SMILES string of the molecule is O=C(O)CC1(CS[C@H](CCc2ccccc2C(=O)O)c2cccc(/C=C/c3ccc4ccc(Cl)cc4n3)c2)CC1. The highest BCUT2D eigenvalue weighted by Crippen LogP contribution is 2.53. The third kappa shape index (κ3) is 7.12. The van der Waals surface area contributed by atoms with E-state index in [1.54, 1.807) is 23.9 Å². The number of thioether (sulfide) groups is 1. The zero-order valence-electron chi connectivity index (χ0n) is 21.9. The normalized spacial score (nSPS) is 14.8. The van der Waals surface area contributed by atoms with Crippen LogP contribution >= 0.6 is 23.4 Å². The van der Waals surface area contributed by atoms with Gasteiger partial charge in [-0.1, -0.05) is 72.3 Å². The molecule has 1 aliphatic carbocycles. The van der Waals surface area contributed by atoms with E-state index in [0.717, 1.165) is 58.3 Å². The van der Waals surface area contributed by atoms with Crippen LogP contribution in [0.4, 0.5) is 0 Å². The molecule has 0 amide bonds. The number of rotatable bonds is 12. The molecule has 4 aromatic rings. The molecule has 204 valence electrons. The maximum atomic E-state index is 11.7. The van der Waals surface area contributed by atoms with Crippen molar-refractivity contribution in [2.45, 2.75) is 37.4 Å². The van der Waals surface area contributed by atoms with Gasteiger partial charge in [0.2, 0.25) is 0 Å². The van der Waals surface area contributed by atoms with Crippen LogP contribution < -0.4 is 0 Å². The number of carboxylic acids is 2. The number of aryl methyl sites for hydroxylation is 1. The second kappa shape index (κ2) is 12.3. The molecular formula is C33H30ClNO4S. The van der Waals surface area contributed by atoms with Crippen LogP contribution in [0.5, 0.6) is 0 Å². The van der Waals surface area contributed by atoms with Gasteiger partial charge in [-0.2, -0.15) is 11.8 Å². The second-order valence-corrected chi connectivity index (χ2v) is 12.1. The van der Waals surface area contributed by atoms with Crippen molar-refractivity contribution in [2.75, 3.05) is 5.75 Å². The number of carboxylic acid groups (broad SMARTS) is 2. The Hall–Kier alpha value is -3.61. The molecule has 7 heteroatoms. The largest absolute Gasteiger partial charge is 0.481 e. The Morgan fingerprint density at radius 1 is 0.975 bits per heavy atom. The first-order valence-corrected chi connectivity index (χ1v) is 14.7. The van der Waals surface area contributed by atoms with Gasteiger partial charge in [-0.25, -0.2) is 9.78 Å². The lowest BCUT2D eigenvalue weighted by Crippen LogP contribution is -2.12. The van der Waals surface area contributed by atoms with Crippen molar-refractivity contribution in [1.29, 1.82) is 0 Å². The van der Waals surface area contributed by atoms with Crippen molar-refractivity contribution < 1.29 is 19.8 Å². The standard InChI is InChI=1S/C33H30ClNO4S/c34-26-12-9-24-10-14-27(35-29(24)19-26)13-8-22-4-3-6-25(18-22)30(40-21-33(16-17-33)20-31(36)37)15-11-23-5-1-2-7-28(23)32(38)39/h1-10,12-14,18-19,30H,11,15-17,20-21H2,(H,36,37)(H,38,39)/b13-8+/t30-/m1/s1. The van der Waals surface area contributed by atoms with Crippen molar-refractivity contribution >= 4 is 58.4 Å². The summed E-state index contributed by atoms with van der Waals surface area (Å²) in [6.07, 6.45) is 7.46. The summed E-state index contributed by atoms with van der Waals surface area (Å²) in [6, 6.07) is 25.2. The maximum absolute atomic E-state index is 11.7. The van der Waals surface area contributed by atoms with Gasteiger partial charge in [0, 0.05) is 21.4 Å². The minimum absolute atomic E-state index is 0.0995. The molecule has 0 spiro atoms. The van der Waals surface area contributed by atoms with E-state index in [4.69, 9.17) is 16.6 Å². The summed E-state index contributed by atoms with van der Waals surface area (Å²) in [5.41, 5.74) is 4.87. The Morgan fingerprint density at radius 2 is 1.77 bits per heavy atom. The number of aliphatic carboxylic acids is 1. The van der Waals surface area contributed by atoms with Crippen LogP contribution in [0.25, 0.3) is 23.1 Å². The summed E-state index contributed by atoms with van der Waals surface area (Å²) in [5, 5.41) is 20.8. The van der Waals surface area contributed by atoms with Gasteiger partial charge in [-0.15, -0.1) is 0 Å². The highest BCUT2D eigenvalue weighted by atomic mass is 35.5. The van der Waals surface area contributed by atoms with E-state index in [1.807, 2.05) is 66.7 Å². The fourth-order valence-corrected chi connectivity index (χ4v) is 6.71. The molecule has 5 rings (SSSR count). The fourth-order valence-electron chi connectivity index (χ4n) is 4.97. The van der Waals surface area contributed by atoms with Crippen LogP contribution in [-0.2, 0) is 11.2 Å². The van der Waals surface area contributed by atoms with Gasteiger partial charge < -0.3 is 10.2 Å². The van der Waals surface area contributed by atoms with Gasteiger partial charge in [0.25, 0.3) is 0 Å². The topological polar surface area (TPSA) is 87.5 Å². The lowest BCUT2D eigenvalue weighted by molar-refractivity contribution is -0.138. The van der Waals surface area contributed by atoms with E-state index in [9.17, 15) is 19.8 Å². The number of fused-ring (bicyclic) bond motifs is 1. The number of carbonyl (C=O) groups is 2. The molecule has 1 aromatic heterocycles. The van der Waals surface area contributed by atoms with E-state index in [2.05, 4.69) is 12.1 Å². The molecule has 2 N–H and O–H groups in total. The molecule has 1 saturated carbocycles. The molecule has 1 aliphatic rings. The van der Waals surface area contributed by atoms with Gasteiger partial charge in [0.05, 0.1) is 23.2 Å². The summed E-state index contributed by atoms with van der Waals surface area (Å²) in [4.78, 5) is 27.9. The Labute approximate surface area is 242 Å². The van der Waals surface area contributed by atoms with Crippen molar-refractivity contribution in [1.82, 2.24) is 4.98 Å². The fraction of sp³-hybridized carbons (Fsp3) is 0.242. The second-order valence-electron chi connectivity index (χ2n) is 10.4. The quantitative estimate of drug-likeness (QED) is 0.177. The Balaban J connectivity index is 1.36. The summed E-state index contributed by atoms with van der Waals surface area (Å²) in [6.45, 7) is 0. The molecule has 5 nitrogen and oxygen atoms in total. The van der Waals surface area contributed by atoms with Crippen molar-refractivity contribution in [3.8, 4) is 0 Å². The number of pyridine rings is 1. The zero-order chi connectivity index (χ0) is 28.1. The molecule has 0 unspecified atom stereocenters. The Kier molecular flexibility index (Phi) is 8.57. The number of aromatic nitrogens is 1. The molecule has 1 heterocycles. The van der Waals surface area contributed by atoms with E-state index in [1.165, 1.54) is 0 Å². The average molecular weight is 572 g/mol. The Morgan fingerprint density at radius 3 is 2.55 bits per heavy atom. The van der Waals surface area contributed by atoms with Crippen LogP contribution in [0.15, 0.2) is 78.9 Å². The molecule has 3 aromatic carbocycles. The smallest absolute Gasteiger partial charge is 0.335 e. The lowest BCUT2D eigenvalue weighted by Gasteiger charge is -2.21. The third-order valence-electron chi connectivity index (χ3n) is 7.40. The van der Waals surface area contributed by atoms with E-state index < -0.39 is 11.9 Å². The summed E-state index contributed by atoms with van der Waals surface area (Å²) < 4.78 is 0. The van der Waals surface area contributed by atoms with Crippen LogP contribution in [0, 0.1) is 5.41 Å². The lowest BCUT2D eigenvalue weighted by atomic mass is 9.98. The summed E-state index contributed by atoms with van der Waals surface area (Å²) in [7, 11) is 0. The molecule has 0 radical (unpaired) electrons. The molecule has 0 saturated heterocycles. The van der Waals surface area contributed by atoms with Crippen LogP contribution in [-0.4, -0.2) is 32.9 Å². The molecular weight excluding hydrogens is 542 g/mol. The number of aromatic carboxylic acids is 1. The third-order valence-corrected chi connectivity index (χ3v) is 9.33. The number of benzene rings is 3. The molecule has 0 aliphatic heterocycles. The number of halogens is 1. The zero-order valence-corrected chi connectivity index (χ0v) is 23.5. The number of hydrogen-bond donors (Lipinski definition) is 2. The highest BCUT2D eigenvalue weighted by molar-refractivity contribution is 7.99. The number of hydrogen-bond acceptors (Lipinski definition) is 4. The summed E-state index contributed by atoms with van der Waals surface area (Å²) >= 11 is 7.93. The van der Waals surface area contributed by atoms with Crippen LogP contribution in [0.3, 0.4) is 0 Å². The van der Waals surface area contributed by atoms with Crippen molar-refractivity contribution in [3.05, 3.63) is 112 Å². The monoisotopic (exact) mass is 571 g/mol. The van der Waals surface area contributed by atoms with Gasteiger partial charge in [0.15, 0.2) is 0 Å². The predicted octanol–water partition coefficient (Wildman–Crippen LogP) is 8.42. The maximum Gasteiger partial charge on any atom is 0.335 e. The average Bonchev–Trinajstić information content (AvgIpc) is 3.70. The Bertz CT molecular complexity index is 1580. The number of nitrogens with zero attached hydrogens (tertiary/aromatic N) is 1. The molecule has 0 bridgehead atoms. The minimum Gasteiger partial charge on any atom is -0.481 e. The molecule has 40 heavy (non-hydrogen) atoms. The molecule has 1 atom stereocenters. The van der Waals surface area contributed by atoms with Crippen molar-refractivity contribution in [2.24, 2.45) is 5.41 Å². The van der Waals surface area contributed by atoms with E-state index >= 15 is 0 Å². The van der Waals surface area contributed by atoms with Gasteiger partial charge in [-0.3, -0.25) is 4.79 Å². The van der Waals surface area contributed by atoms with Crippen LogP contribution in [0.2, 0.25) is 5.02 Å². The predicted molar refractivity (Wildman–Crippen MR) is 163 cm³/mol. The minimum atomic E-state index is -0.921. The van der Waals surface area contributed by atoms with Gasteiger partial charge >= 0.3 is 11.9 Å². The van der Waals surface area contributed by atoms with Crippen LogP contribution in [0.1, 0.15) is 63.7 Å². The first-order valence-electron chi connectivity index (χ1n) is 13.3. The van der Waals surface area contributed by atoms with Crippen molar-refractivity contribution in [3.63, 3.8) is 0 Å². The van der Waals surface area contributed by atoms with Gasteiger partial charge in [-0.05, 0) is 78.1 Å². The first-order chi connectivity index (χ1) is 19.3. The van der Waals surface area contributed by atoms with Gasteiger partial charge in [0.1, 0.15) is 0 Å². The first kappa shape index (κ1) is 27.9. The van der Waals surface area contributed by atoms with E-state index in [-0.39, 0.29) is 17.1 Å². The summed E-state index contributed by atoms with van der Waals surface area (Å²) in [5.74, 6) is -0.898. The molecule has 1 fully saturated rings. The highest BCUT2D eigenvalue weighted by Gasteiger charge is 2.44.